The van der Waals surface area contributed by atoms with E-state index in [0.717, 1.165) is 16.3 Å². The minimum Gasteiger partial charge on any atom is -0.310 e. The Morgan fingerprint density at radius 3 is 2.94 bits per heavy atom. The molecule has 0 saturated heterocycles. The van der Waals surface area contributed by atoms with Crippen LogP contribution in [-0.4, -0.2) is 20.2 Å². The normalized spacial score (nSPS) is 27.7. The van der Waals surface area contributed by atoms with Crippen LogP contribution in [0.3, 0.4) is 0 Å². The molecule has 0 fully saturated rings. The summed E-state index contributed by atoms with van der Waals surface area (Å²) >= 11 is 5.52. The second kappa shape index (κ2) is 4.33. The summed E-state index contributed by atoms with van der Waals surface area (Å²) in [7, 11) is -3.12. The predicted octanol–water partition coefficient (Wildman–Crippen LogP) is 2.25. The smallest absolute Gasteiger partial charge is 0.190 e. The zero-order valence-electron chi connectivity index (χ0n) is 9.23. The Kier molecular flexibility index (Phi) is 3.36. The quantitative estimate of drug-likeness (QED) is 0.815. The number of fused-ring (bicyclic) bond motifs is 1. The van der Waals surface area contributed by atoms with Gasteiger partial charge in [0.25, 0.3) is 0 Å². The van der Waals surface area contributed by atoms with E-state index in [1.807, 2.05) is 13.0 Å². The number of hydrogen-bond donors (Lipinski definition) is 2. The van der Waals surface area contributed by atoms with Gasteiger partial charge in [-0.3, -0.25) is 0 Å². The lowest BCUT2D eigenvalue weighted by Crippen LogP contribution is -2.33. The van der Waals surface area contributed by atoms with Gasteiger partial charge in [0.2, 0.25) is 0 Å². The van der Waals surface area contributed by atoms with Gasteiger partial charge in [0.1, 0.15) is 4.21 Å². The van der Waals surface area contributed by atoms with E-state index in [4.69, 9.17) is 0 Å². The van der Waals surface area contributed by atoms with Crippen molar-refractivity contribution in [2.75, 3.05) is 6.54 Å². The molecule has 1 N–H and O–H groups in total. The lowest BCUT2D eigenvalue weighted by atomic mass is 10.1. The summed E-state index contributed by atoms with van der Waals surface area (Å²) in [5.74, 6) is 0. The molecule has 2 rings (SSSR count). The molecule has 1 unspecified atom stereocenters. The molecule has 0 aliphatic carbocycles. The molecular weight excluding hydrogens is 262 g/mol. The summed E-state index contributed by atoms with van der Waals surface area (Å²) in [4.78, 5) is 0. The lowest BCUT2D eigenvalue weighted by molar-refractivity contribution is 0.477. The molecule has 1 aromatic rings. The Labute approximate surface area is 106 Å². The molecule has 0 radical (unpaired) electrons. The number of nitrogens with one attached hydrogen (secondary N) is 1. The Hall–Kier alpha value is -0.0400. The molecule has 0 aromatic carbocycles. The average molecular weight is 277 g/mol. The van der Waals surface area contributed by atoms with Gasteiger partial charge in [0.05, 0.1) is 9.46 Å². The Bertz CT molecular complexity index is 492. The minimum atomic E-state index is -3.12. The van der Waals surface area contributed by atoms with Gasteiger partial charge in [0, 0.05) is 6.04 Å². The van der Waals surface area contributed by atoms with Crippen LogP contribution in [0.5, 0.6) is 0 Å². The maximum atomic E-state index is 12.1. The molecule has 6 heteroatoms. The van der Waals surface area contributed by atoms with E-state index in [1.165, 1.54) is 11.3 Å². The molecule has 90 valence electrons. The summed E-state index contributed by atoms with van der Waals surface area (Å²) in [5.41, 5.74) is 0.898. The minimum absolute atomic E-state index is 0.149. The molecule has 1 aliphatic rings. The van der Waals surface area contributed by atoms with Crippen LogP contribution < -0.4 is 5.32 Å². The van der Waals surface area contributed by atoms with Crippen molar-refractivity contribution in [3.8, 4) is 0 Å². The van der Waals surface area contributed by atoms with Crippen molar-refractivity contribution in [2.45, 2.75) is 40.0 Å². The zero-order chi connectivity index (χ0) is 11.9. The third-order valence-corrected chi connectivity index (χ3v) is 7.00. The van der Waals surface area contributed by atoms with Gasteiger partial charge in [-0.25, -0.2) is 8.42 Å². The Morgan fingerprint density at radius 1 is 1.62 bits per heavy atom. The molecule has 0 spiro atoms. The Morgan fingerprint density at radius 2 is 2.31 bits per heavy atom. The van der Waals surface area contributed by atoms with E-state index in [1.54, 1.807) is 6.92 Å². The fourth-order valence-corrected chi connectivity index (χ4v) is 5.91. The van der Waals surface area contributed by atoms with Gasteiger partial charge >= 0.3 is 0 Å². The predicted molar refractivity (Wildman–Crippen MR) is 69.3 cm³/mol. The summed E-state index contributed by atoms with van der Waals surface area (Å²) in [6, 6.07) is 2.02. The highest BCUT2D eigenvalue weighted by molar-refractivity contribution is 7.94. The third-order valence-electron chi connectivity index (χ3n) is 2.89. The number of thiol groups is 1. The van der Waals surface area contributed by atoms with Gasteiger partial charge in [-0.2, -0.15) is 0 Å². The summed E-state index contributed by atoms with van der Waals surface area (Å²) < 4.78 is 25.5. The van der Waals surface area contributed by atoms with E-state index in [2.05, 4.69) is 17.9 Å². The van der Waals surface area contributed by atoms with Crippen molar-refractivity contribution in [1.82, 2.24) is 5.32 Å². The Balaban J connectivity index is 2.53. The number of sulfone groups is 1. The number of hydrogen-bond acceptors (Lipinski definition) is 5. The number of rotatable bonds is 2. The SMILES string of the molecule is CCN[C@H]1CC(C)S(=O)(=O)c2sc(S)cc21. The van der Waals surface area contributed by atoms with E-state index < -0.39 is 9.84 Å². The van der Waals surface area contributed by atoms with Crippen molar-refractivity contribution in [2.24, 2.45) is 0 Å². The largest absolute Gasteiger partial charge is 0.310 e. The standard InChI is InChI=1S/C10H15NO2S3/c1-3-11-8-4-6(2)16(12,13)10-7(8)5-9(14)15-10/h5-6,8,11,14H,3-4H2,1-2H3/t6?,8-/m0/s1. The molecule has 3 nitrogen and oxygen atoms in total. The van der Waals surface area contributed by atoms with Crippen molar-refractivity contribution in [1.29, 1.82) is 0 Å². The first kappa shape index (κ1) is 12.4. The summed E-state index contributed by atoms with van der Waals surface area (Å²) in [5, 5.41) is 3.02. The van der Waals surface area contributed by atoms with E-state index in [-0.39, 0.29) is 11.3 Å². The van der Waals surface area contributed by atoms with Crippen LogP contribution in [0.4, 0.5) is 0 Å². The van der Waals surface area contributed by atoms with Crippen LogP contribution in [0.15, 0.2) is 14.5 Å². The van der Waals surface area contributed by atoms with E-state index >= 15 is 0 Å². The van der Waals surface area contributed by atoms with Crippen molar-refractivity contribution in [3.05, 3.63) is 11.6 Å². The number of thiophene rings is 1. The van der Waals surface area contributed by atoms with Crippen LogP contribution in [0, 0.1) is 0 Å². The van der Waals surface area contributed by atoms with Gasteiger partial charge in [-0.1, -0.05) is 6.92 Å². The lowest BCUT2D eigenvalue weighted by Gasteiger charge is -2.27. The zero-order valence-corrected chi connectivity index (χ0v) is 11.8. The van der Waals surface area contributed by atoms with Crippen LogP contribution in [-0.2, 0) is 9.84 Å². The highest BCUT2D eigenvalue weighted by Crippen LogP contribution is 2.42. The van der Waals surface area contributed by atoms with Crippen LogP contribution in [0.25, 0.3) is 0 Å². The van der Waals surface area contributed by atoms with Crippen molar-refractivity contribution in [3.63, 3.8) is 0 Å². The van der Waals surface area contributed by atoms with Gasteiger partial charge < -0.3 is 5.32 Å². The fourth-order valence-electron chi connectivity index (χ4n) is 2.05. The van der Waals surface area contributed by atoms with Crippen molar-refractivity contribution >= 4 is 33.8 Å². The van der Waals surface area contributed by atoms with Gasteiger partial charge in [-0.05, 0) is 31.5 Å². The first-order valence-corrected chi connectivity index (χ1v) is 8.07. The van der Waals surface area contributed by atoms with Gasteiger partial charge in [0.15, 0.2) is 9.84 Å². The summed E-state index contributed by atoms with van der Waals surface area (Å²) in [6.07, 6.45) is 0.646. The van der Waals surface area contributed by atoms with Crippen molar-refractivity contribution < 1.29 is 8.42 Å². The molecule has 0 amide bonds. The molecule has 1 aliphatic heterocycles. The summed E-state index contributed by atoms with van der Waals surface area (Å²) in [6.45, 7) is 4.65. The fraction of sp³-hybridized carbons (Fsp3) is 0.600. The highest BCUT2D eigenvalue weighted by atomic mass is 32.2. The topological polar surface area (TPSA) is 46.2 Å². The first-order valence-electron chi connectivity index (χ1n) is 5.26. The molecule has 0 bridgehead atoms. The molecule has 0 saturated carbocycles. The second-order valence-corrected chi connectivity index (χ2v) is 8.43. The van der Waals surface area contributed by atoms with E-state index in [0.29, 0.717) is 10.6 Å². The maximum absolute atomic E-state index is 12.1. The van der Waals surface area contributed by atoms with Crippen LogP contribution in [0.2, 0.25) is 0 Å². The van der Waals surface area contributed by atoms with Crippen LogP contribution in [0.1, 0.15) is 31.9 Å². The molecule has 2 heterocycles. The molecular formula is C10H15NO2S3. The maximum Gasteiger partial charge on any atom is 0.190 e. The average Bonchev–Trinajstić information content (AvgIpc) is 2.58. The third kappa shape index (κ3) is 1.92. The molecule has 2 atom stereocenters. The molecule has 1 aromatic heterocycles. The van der Waals surface area contributed by atoms with E-state index in [9.17, 15) is 8.42 Å². The monoisotopic (exact) mass is 277 g/mol. The highest BCUT2D eigenvalue weighted by Gasteiger charge is 2.37. The van der Waals surface area contributed by atoms with Gasteiger partial charge in [-0.15, -0.1) is 24.0 Å². The molecule has 16 heavy (non-hydrogen) atoms. The second-order valence-electron chi connectivity index (χ2n) is 4.03. The first-order chi connectivity index (χ1) is 7.46. The van der Waals surface area contributed by atoms with Crippen LogP contribution >= 0.6 is 24.0 Å².